The monoisotopic (exact) mass is 241 g/mol. The summed E-state index contributed by atoms with van der Waals surface area (Å²) in [7, 11) is 0. The van der Waals surface area contributed by atoms with Gasteiger partial charge in [-0.2, -0.15) is 0 Å². The predicted molar refractivity (Wildman–Crippen MR) is 63.0 cm³/mol. The molecule has 88 valence electrons. The number of rotatable bonds is 4. The van der Waals surface area contributed by atoms with Crippen molar-refractivity contribution in [3.05, 3.63) is 35.9 Å². The van der Waals surface area contributed by atoms with Gasteiger partial charge in [-0.05, 0) is 17.3 Å². The standard InChI is InChI=1S/C12H16ClNO2/c13-14-6-11(12(15)7-14)9-16-8-10-4-2-1-3-5-10/h1-5,11-12,15H,6-9H2/t11-,12?/m1/s1. The maximum atomic E-state index is 9.65. The summed E-state index contributed by atoms with van der Waals surface area (Å²) >= 11 is 5.82. The maximum Gasteiger partial charge on any atom is 0.0743 e. The van der Waals surface area contributed by atoms with Crippen molar-refractivity contribution in [2.24, 2.45) is 5.92 Å². The van der Waals surface area contributed by atoms with E-state index < -0.39 is 0 Å². The predicted octanol–water partition coefficient (Wildman–Crippen LogP) is 1.65. The van der Waals surface area contributed by atoms with E-state index >= 15 is 0 Å². The van der Waals surface area contributed by atoms with E-state index in [1.54, 1.807) is 4.42 Å². The number of nitrogens with zero attached hydrogens (tertiary/aromatic N) is 1. The first-order valence-corrected chi connectivity index (χ1v) is 5.80. The van der Waals surface area contributed by atoms with Crippen molar-refractivity contribution in [2.75, 3.05) is 19.7 Å². The molecule has 0 aromatic heterocycles. The number of β-amino-alcohol motifs (C(OH)–C–C–N with tert-alkyl or cyclic N) is 1. The number of hydrogen-bond donors (Lipinski definition) is 1. The Bertz CT molecular complexity index is 320. The van der Waals surface area contributed by atoms with E-state index in [1.165, 1.54) is 0 Å². The van der Waals surface area contributed by atoms with E-state index in [0.29, 0.717) is 26.3 Å². The van der Waals surface area contributed by atoms with Gasteiger partial charge in [-0.1, -0.05) is 30.3 Å². The topological polar surface area (TPSA) is 32.7 Å². The molecule has 0 aliphatic carbocycles. The first kappa shape index (κ1) is 11.9. The highest BCUT2D eigenvalue weighted by molar-refractivity contribution is 6.13. The lowest BCUT2D eigenvalue weighted by Gasteiger charge is -2.13. The molecule has 1 N–H and O–H groups in total. The summed E-state index contributed by atoms with van der Waals surface area (Å²) in [6, 6.07) is 10.0. The van der Waals surface area contributed by atoms with Crippen molar-refractivity contribution in [1.82, 2.24) is 4.42 Å². The summed E-state index contributed by atoms with van der Waals surface area (Å²) < 4.78 is 7.19. The molecule has 2 atom stereocenters. The summed E-state index contributed by atoms with van der Waals surface area (Å²) in [5.74, 6) is 0.126. The molecular formula is C12H16ClNO2. The van der Waals surface area contributed by atoms with Crippen LogP contribution in [0.4, 0.5) is 0 Å². The second-order valence-electron chi connectivity index (χ2n) is 4.16. The van der Waals surface area contributed by atoms with Crippen LogP contribution in [0.15, 0.2) is 30.3 Å². The van der Waals surface area contributed by atoms with Crippen LogP contribution in [0, 0.1) is 5.92 Å². The molecule has 1 aliphatic heterocycles. The Morgan fingerprint density at radius 2 is 2.06 bits per heavy atom. The lowest BCUT2D eigenvalue weighted by molar-refractivity contribution is 0.0449. The third-order valence-corrected chi connectivity index (χ3v) is 3.08. The van der Waals surface area contributed by atoms with Crippen molar-refractivity contribution in [2.45, 2.75) is 12.7 Å². The summed E-state index contributed by atoms with van der Waals surface area (Å²) in [6.07, 6.45) is -0.367. The number of halogens is 1. The van der Waals surface area contributed by atoms with Crippen LogP contribution < -0.4 is 0 Å². The molecule has 1 heterocycles. The van der Waals surface area contributed by atoms with Crippen molar-refractivity contribution in [1.29, 1.82) is 0 Å². The number of ether oxygens (including phenoxy) is 1. The Hall–Kier alpha value is -0.610. The smallest absolute Gasteiger partial charge is 0.0743 e. The fourth-order valence-electron chi connectivity index (χ4n) is 1.87. The van der Waals surface area contributed by atoms with Crippen LogP contribution in [0.2, 0.25) is 0 Å². The molecule has 2 rings (SSSR count). The minimum atomic E-state index is -0.367. The third-order valence-electron chi connectivity index (χ3n) is 2.81. The molecule has 0 radical (unpaired) electrons. The number of benzene rings is 1. The lowest BCUT2D eigenvalue weighted by Crippen LogP contribution is -2.22. The molecular weight excluding hydrogens is 226 g/mol. The molecule has 1 saturated heterocycles. The molecule has 16 heavy (non-hydrogen) atoms. The third kappa shape index (κ3) is 3.19. The molecule has 0 bridgehead atoms. The molecule has 0 saturated carbocycles. The van der Waals surface area contributed by atoms with E-state index in [9.17, 15) is 5.11 Å². The average molecular weight is 242 g/mol. The lowest BCUT2D eigenvalue weighted by atomic mass is 10.1. The van der Waals surface area contributed by atoms with Gasteiger partial charge >= 0.3 is 0 Å². The zero-order valence-electron chi connectivity index (χ0n) is 9.05. The fourth-order valence-corrected chi connectivity index (χ4v) is 2.19. The van der Waals surface area contributed by atoms with Crippen molar-refractivity contribution in [3.8, 4) is 0 Å². The molecule has 0 amide bonds. The second-order valence-corrected chi connectivity index (χ2v) is 4.63. The van der Waals surface area contributed by atoms with Crippen LogP contribution in [-0.2, 0) is 11.3 Å². The van der Waals surface area contributed by atoms with Crippen molar-refractivity contribution in [3.63, 3.8) is 0 Å². The van der Waals surface area contributed by atoms with Crippen LogP contribution in [0.5, 0.6) is 0 Å². The first-order chi connectivity index (χ1) is 7.75. The van der Waals surface area contributed by atoms with Crippen LogP contribution in [0.3, 0.4) is 0 Å². The van der Waals surface area contributed by atoms with Crippen LogP contribution in [0.25, 0.3) is 0 Å². The van der Waals surface area contributed by atoms with Gasteiger partial charge in [-0.15, -0.1) is 0 Å². The van der Waals surface area contributed by atoms with E-state index in [0.717, 1.165) is 5.56 Å². The minimum absolute atomic E-state index is 0.126. The normalized spacial score (nSPS) is 26.1. The van der Waals surface area contributed by atoms with Gasteiger partial charge in [0.15, 0.2) is 0 Å². The zero-order chi connectivity index (χ0) is 11.4. The van der Waals surface area contributed by atoms with Crippen molar-refractivity contribution < 1.29 is 9.84 Å². The summed E-state index contributed by atoms with van der Waals surface area (Å²) in [5.41, 5.74) is 1.15. The highest BCUT2D eigenvalue weighted by Crippen LogP contribution is 2.19. The largest absolute Gasteiger partial charge is 0.391 e. The van der Waals surface area contributed by atoms with Gasteiger partial charge in [0, 0.05) is 19.0 Å². The van der Waals surface area contributed by atoms with Crippen LogP contribution >= 0.6 is 11.8 Å². The minimum Gasteiger partial charge on any atom is -0.391 e. The zero-order valence-corrected chi connectivity index (χ0v) is 9.81. The van der Waals surface area contributed by atoms with Gasteiger partial charge in [0.25, 0.3) is 0 Å². The Balaban J connectivity index is 1.72. The number of aliphatic hydroxyl groups excluding tert-OH is 1. The summed E-state index contributed by atoms with van der Waals surface area (Å²) in [5, 5.41) is 9.65. The SMILES string of the molecule is OC1CN(Cl)C[C@@H]1COCc1ccccc1. The molecule has 4 heteroatoms. The highest BCUT2D eigenvalue weighted by atomic mass is 35.5. The summed E-state index contributed by atoms with van der Waals surface area (Å²) in [4.78, 5) is 0. The fraction of sp³-hybridized carbons (Fsp3) is 0.500. The molecule has 3 nitrogen and oxygen atoms in total. The van der Waals surface area contributed by atoms with Crippen LogP contribution in [0.1, 0.15) is 5.56 Å². The van der Waals surface area contributed by atoms with Gasteiger partial charge in [0.05, 0.1) is 19.3 Å². The van der Waals surface area contributed by atoms with Crippen LogP contribution in [-0.4, -0.2) is 35.3 Å². The Labute approximate surface area is 101 Å². The number of aliphatic hydroxyl groups is 1. The first-order valence-electron chi connectivity index (χ1n) is 5.46. The van der Waals surface area contributed by atoms with E-state index in [-0.39, 0.29) is 12.0 Å². The molecule has 1 fully saturated rings. The molecule has 0 spiro atoms. The van der Waals surface area contributed by atoms with Gasteiger partial charge in [-0.25, -0.2) is 4.42 Å². The average Bonchev–Trinajstić information content (AvgIpc) is 2.59. The van der Waals surface area contributed by atoms with E-state index in [4.69, 9.17) is 16.5 Å². The van der Waals surface area contributed by atoms with Gasteiger partial charge in [0.1, 0.15) is 0 Å². The van der Waals surface area contributed by atoms with Crippen molar-refractivity contribution >= 4 is 11.8 Å². The van der Waals surface area contributed by atoms with Gasteiger partial charge in [0.2, 0.25) is 0 Å². The number of hydrogen-bond acceptors (Lipinski definition) is 3. The molecule has 1 aromatic rings. The molecule has 1 unspecified atom stereocenters. The van der Waals surface area contributed by atoms with Gasteiger partial charge in [-0.3, -0.25) is 0 Å². The molecule has 1 aliphatic rings. The Morgan fingerprint density at radius 1 is 1.31 bits per heavy atom. The summed E-state index contributed by atoms with van der Waals surface area (Å²) in [6.45, 7) is 2.37. The Morgan fingerprint density at radius 3 is 2.69 bits per heavy atom. The molecule has 1 aromatic carbocycles. The second kappa shape index (κ2) is 5.64. The maximum absolute atomic E-state index is 9.65. The van der Waals surface area contributed by atoms with E-state index in [1.807, 2.05) is 30.3 Å². The Kier molecular flexibility index (Phi) is 4.18. The van der Waals surface area contributed by atoms with E-state index in [2.05, 4.69) is 0 Å². The highest BCUT2D eigenvalue weighted by Gasteiger charge is 2.30. The van der Waals surface area contributed by atoms with Gasteiger partial charge < -0.3 is 9.84 Å². The quantitative estimate of drug-likeness (QED) is 0.814.